The highest BCUT2D eigenvalue weighted by Gasteiger charge is 2.12. The molecule has 140 valence electrons. The van der Waals surface area contributed by atoms with E-state index < -0.39 is 10.4 Å². The van der Waals surface area contributed by atoms with Crippen molar-refractivity contribution in [2.75, 3.05) is 18.1 Å². The Hall–Kier alpha value is -1.07. The summed E-state index contributed by atoms with van der Waals surface area (Å²) in [7, 11) is -4.67. The SMILES string of the molecule is CCC(COC(C)=O)c1ccc(N=C2SCCS2)cc1.O=S(=O)(O)O. The molecule has 0 amide bonds. The van der Waals surface area contributed by atoms with Crippen LogP contribution in [0.2, 0.25) is 0 Å². The van der Waals surface area contributed by atoms with Crippen molar-refractivity contribution in [2.24, 2.45) is 4.99 Å². The number of hydrogen-bond acceptors (Lipinski definition) is 7. The summed E-state index contributed by atoms with van der Waals surface area (Å²) in [5, 5.41) is 0. The van der Waals surface area contributed by atoms with Crippen molar-refractivity contribution in [2.45, 2.75) is 26.2 Å². The second kappa shape index (κ2) is 10.8. The molecule has 0 aromatic heterocycles. The predicted octanol–water partition coefficient (Wildman–Crippen LogP) is 3.56. The molecule has 10 heteroatoms. The molecule has 0 spiro atoms. The average Bonchev–Trinajstić information content (AvgIpc) is 3.00. The molecule has 0 aliphatic carbocycles. The lowest BCUT2D eigenvalue weighted by Gasteiger charge is -2.15. The molecule has 1 aromatic rings. The van der Waals surface area contributed by atoms with E-state index in [4.69, 9.17) is 22.3 Å². The number of carbonyl (C=O) groups is 1. The second-order valence-corrected chi connectivity index (χ2v) is 8.34. The number of aliphatic imine (C=N–C) groups is 1. The van der Waals surface area contributed by atoms with E-state index in [2.05, 4.69) is 24.0 Å². The molecule has 1 atom stereocenters. The molecule has 1 aromatic carbocycles. The first-order chi connectivity index (χ1) is 11.7. The molecule has 7 nitrogen and oxygen atoms in total. The Morgan fingerprint density at radius 2 is 1.76 bits per heavy atom. The van der Waals surface area contributed by atoms with Crippen LogP contribution in [-0.4, -0.2) is 46.0 Å². The molecular weight excluding hydrogens is 386 g/mol. The van der Waals surface area contributed by atoms with Crippen LogP contribution in [0.3, 0.4) is 0 Å². The third-order valence-corrected chi connectivity index (χ3v) is 5.56. The Labute approximate surface area is 156 Å². The summed E-state index contributed by atoms with van der Waals surface area (Å²) in [5.41, 5.74) is 2.19. The summed E-state index contributed by atoms with van der Waals surface area (Å²) in [4.78, 5) is 15.5. The van der Waals surface area contributed by atoms with Crippen LogP contribution in [-0.2, 0) is 19.9 Å². The standard InChI is InChI=1S/C15H19NO2S2.H2O4S/c1-3-12(10-18-11(2)17)13-4-6-14(7-5-13)16-15-19-8-9-20-15;1-5(2,3)4/h4-7,12H,3,8-10H2,1-2H3;(H2,1,2,3,4). The van der Waals surface area contributed by atoms with Crippen molar-refractivity contribution < 1.29 is 27.1 Å². The topological polar surface area (TPSA) is 113 Å². The number of benzene rings is 1. The first-order valence-corrected chi connectivity index (χ1v) is 10.8. The first-order valence-electron chi connectivity index (χ1n) is 7.46. The van der Waals surface area contributed by atoms with E-state index in [1.807, 2.05) is 35.7 Å². The second-order valence-electron chi connectivity index (χ2n) is 5.02. The number of nitrogens with zero attached hydrogens (tertiary/aromatic N) is 1. The first kappa shape index (κ1) is 22.0. The highest BCUT2D eigenvalue weighted by atomic mass is 32.3. The number of ether oxygens (including phenoxy) is 1. The smallest absolute Gasteiger partial charge is 0.394 e. The van der Waals surface area contributed by atoms with Crippen molar-refractivity contribution in [3.05, 3.63) is 29.8 Å². The molecular formula is C15H21NO6S3. The zero-order valence-electron chi connectivity index (χ0n) is 13.9. The summed E-state index contributed by atoms with van der Waals surface area (Å²) in [6.45, 7) is 4.00. The molecule has 1 heterocycles. The fraction of sp³-hybridized carbons (Fsp3) is 0.467. The van der Waals surface area contributed by atoms with Gasteiger partial charge in [-0.05, 0) is 24.1 Å². The molecule has 1 saturated heterocycles. The molecule has 0 bridgehead atoms. The number of rotatable bonds is 5. The number of thioether (sulfide) groups is 2. The van der Waals surface area contributed by atoms with Gasteiger partial charge in [-0.2, -0.15) is 8.42 Å². The van der Waals surface area contributed by atoms with Gasteiger partial charge in [0.05, 0.1) is 12.3 Å². The molecule has 0 radical (unpaired) electrons. The summed E-state index contributed by atoms with van der Waals surface area (Å²) in [6, 6.07) is 8.25. The highest BCUT2D eigenvalue weighted by Crippen LogP contribution is 2.30. The number of esters is 1. The van der Waals surface area contributed by atoms with Crippen LogP contribution in [0.4, 0.5) is 5.69 Å². The molecule has 1 aliphatic heterocycles. The third kappa shape index (κ3) is 10.5. The highest BCUT2D eigenvalue weighted by molar-refractivity contribution is 8.41. The van der Waals surface area contributed by atoms with E-state index in [1.165, 1.54) is 12.5 Å². The Kier molecular flexibility index (Phi) is 9.51. The maximum absolute atomic E-state index is 10.9. The predicted molar refractivity (Wildman–Crippen MR) is 102 cm³/mol. The van der Waals surface area contributed by atoms with Crippen LogP contribution >= 0.6 is 23.5 Å². The van der Waals surface area contributed by atoms with Crippen molar-refractivity contribution in [1.29, 1.82) is 0 Å². The maximum Gasteiger partial charge on any atom is 0.394 e. The van der Waals surface area contributed by atoms with E-state index in [0.29, 0.717) is 6.61 Å². The van der Waals surface area contributed by atoms with Gasteiger partial charge in [0.1, 0.15) is 4.38 Å². The lowest BCUT2D eigenvalue weighted by atomic mass is 9.97. The van der Waals surface area contributed by atoms with Crippen molar-refractivity contribution in [1.82, 2.24) is 0 Å². The number of hydrogen-bond donors (Lipinski definition) is 2. The monoisotopic (exact) mass is 407 g/mol. The fourth-order valence-electron chi connectivity index (χ4n) is 1.96. The lowest BCUT2D eigenvalue weighted by Crippen LogP contribution is -2.09. The van der Waals surface area contributed by atoms with E-state index in [9.17, 15) is 4.79 Å². The van der Waals surface area contributed by atoms with Gasteiger partial charge in [-0.25, -0.2) is 4.99 Å². The van der Waals surface area contributed by atoms with E-state index >= 15 is 0 Å². The maximum atomic E-state index is 10.9. The summed E-state index contributed by atoms with van der Waals surface area (Å²) >= 11 is 3.64. The van der Waals surface area contributed by atoms with Crippen LogP contribution in [0.25, 0.3) is 0 Å². The Morgan fingerprint density at radius 1 is 1.24 bits per heavy atom. The van der Waals surface area contributed by atoms with Gasteiger partial charge in [0.15, 0.2) is 0 Å². The van der Waals surface area contributed by atoms with Gasteiger partial charge in [-0.3, -0.25) is 13.9 Å². The molecule has 0 saturated carbocycles. The van der Waals surface area contributed by atoms with Gasteiger partial charge < -0.3 is 4.74 Å². The molecule has 2 rings (SSSR count). The molecule has 2 N–H and O–H groups in total. The van der Waals surface area contributed by atoms with E-state index in [-0.39, 0.29) is 11.9 Å². The lowest BCUT2D eigenvalue weighted by molar-refractivity contribution is -0.141. The van der Waals surface area contributed by atoms with Gasteiger partial charge in [-0.15, -0.1) is 0 Å². The van der Waals surface area contributed by atoms with Gasteiger partial charge in [0, 0.05) is 24.3 Å². The minimum Gasteiger partial charge on any atom is -0.465 e. The zero-order chi connectivity index (χ0) is 18.9. The van der Waals surface area contributed by atoms with Crippen molar-refractivity contribution in [3.8, 4) is 0 Å². The fourth-order valence-corrected chi connectivity index (χ4v) is 4.15. The normalized spacial score (nSPS) is 15.1. The Bertz CT molecular complexity index is 672. The average molecular weight is 408 g/mol. The molecule has 25 heavy (non-hydrogen) atoms. The van der Waals surface area contributed by atoms with E-state index in [1.54, 1.807) is 0 Å². The van der Waals surface area contributed by atoms with Crippen LogP contribution < -0.4 is 0 Å². The van der Waals surface area contributed by atoms with Gasteiger partial charge in [-0.1, -0.05) is 42.6 Å². The largest absolute Gasteiger partial charge is 0.465 e. The van der Waals surface area contributed by atoms with Crippen LogP contribution in [0.15, 0.2) is 29.3 Å². The minimum atomic E-state index is -4.67. The van der Waals surface area contributed by atoms with Crippen LogP contribution in [0.5, 0.6) is 0 Å². The number of carbonyl (C=O) groups excluding carboxylic acids is 1. The van der Waals surface area contributed by atoms with Crippen LogP contribution in [0, 0.1) is 0 Å². The molecule has 1 unspecified atom stereocenters. The van der Waals surface area contributed by atoms with Gasteiger partial charge >= 0.3 is 16.4 Å². The summed E-state index contributed by atoms with van der Waals surface area (Å²) < 4.78 is 37.9. The molecule has 1 fully saturated rings. The third-order valence-electron chi connectivity index (χ3n) is 3.10. The minimum absolute atomic E-state index is 0.221. The molecule has 1 aliphatic rings. The van der Waals surface area contributed by atoms with Crippen LogP contribution in [0.1, 0.15) is 31.7 Å². The van der Waals surface area contributed by atoms with Crippen molar-refractivity contribution >= 4 is 50.0 Å². The van der Waals surface area contributed by atoms with Crippen molar-refractivity contribution in [3.63, 3.8) is 0 Å². The van der Waals surface area contributed by atoms with Gasteiger partial charge in [0.25, 0.3) is 0 Å². The Balaban J connectivity index is 0.000000550. The summed E-state index contributed by atoms with van der Waals surface area (Å²) in [6.07, 6.45) is 0.951. The zero-order valence-corrected chi connectivity index (χ0v) is 16.4. The Morgan fingerprint density at radius 3 is 2.20 bits per heavy atom. The van der Waals surface area contributed by atoms with E-state index in [0.717, 1.165) is 28.0 Å². The quantitative estimate of drug-likeness (QED) is 0.563. The van der Waals surface area contributed by atoms with Gasteiger partial charge in [0.2, 0.25) is 0 Å². The summed E-state index contributed by atoms with van der Waals surface area (Å²) in [5.74, 6) is 2.35.